The lowest BCUT2D eigenvalue weighted by Crippen LogP contribution is -2.05. The monoisotopic (exact) mass is 320 g/mol. The van der Waals surface area contributed by atoms with Crippen molar-refractivity contribution in [1.82, 2.24) is 0 Å². The zero-order chi connectivity index (χ0) is 13.1. The molecule has 92 valence electrons. The van der Waals surface area contributed by atoms with Gasteiger partial charge in [-0.2, -0.15) is 5.26 Å². The Morgan fingerprint density at radius 2 is 2.11 bits per heavy atom. The minimum atomic E-state index is 0.257. The minimum Gasteiger partial charge on any atom is -0.377 e. The molecular weight excluding hydrogens is 308 g/mol. The molecule has 1 aromatic carbocycles. The number of hydrogen-bond donors (Lipinski definition) is 1. The molecule has 1 aromatic heterocycles. The third-order valence-corrected chi connectivity index (χ3v) is 4.50. The largest absolute Gasteiger partial charge is 0.377 e. The molecule has 2 aromatic rings. The first-order valence-electron chi connectivity index (χ1n) is 5.62. The van der Waals surface area contributed by atoms with Crippen molar-refractivity contribution in [3.05, 3.63) is 50.1 Å². The number of benzene rings is 1. The van der Waals surface area contributed by atoms with Crippen LogP contribution in [0.25, 0.3) is 0 Å². The fraction of sp³-hybridized carbons (Fsp3) is 0.214. The average Bonchev–Trinajstić information content (AvgIpc) is 2.78. The summed E-state index contributed by atoms with van der Waals surface area (Å²) < 4.78 is 0.918. The Labute approximate surface area is 119 Å². The summed E-state index contributed by atoms with van der Waals surface area (Å²) in [5.74, 6) is 0. The first-order valence-corrected chi connectivity index (χ1v) is 7.23. The number of nitrogens with zero attached hydrogens (tertiary/aromatic N) is 1. The maximum atomic E-state index is 8.83. The van der Waals surface area contributed by atoms with E-state index in [9.17, 15) is 0 Å². The van der Waals surface area contributed by atoms with Crippen LogP contribution in [0.4, 0.5) is 5.69 Å². The normalized spacial score (nSPS) is 11.9. The molecule has 1 atom stereocenters. The van der Waals surface area contributed by atoms with Crippen LogP contribution in [0.2, 0.25) is 0 Å². The van der Waals surface area contributed by atoms with Crippen molar-refractivity contribution in [1.29, 1.82) is 5.26 Å². The first-order chi connectivity index (χ1) is 8.60. The van der Waals surface area contributed by atoms with E-state index in [1.54, 1.807) is 11.3 Å². The molecule has 0 aliphatic heterocycles. The second-order valence-corrected chi connectivity index (χ2v) is 6.29. The number of halogens is 1. The molecule has 0 spiro atoms. The zero-order valence-corrected chi connectivity index (χ0v) is 12.6. The Kier molecular flexibility index (Phi) is 4.05. The van der Waals surface area contributed by atoms with Crippen LogP contribution in [0, 0.1) is 18.3 Å². The smallest absolute Gasteiger partial charge is 0.0992 e. The molecule has 1 N–H and O–H groups in total. The summed E-state index contributed by atoms with van der Waals surface area (Å²) in [5.41, 5.74) is 1.67. The first kappa shape index (κ1) is 13.1. The molecule has 0 aliphatic carbocycles. The van der Waals surface area contributed by atoms with Crippen molar-refractivity contribution in [3.8, 4) is 6.07 Å². The highest BCUT2D eigenvalue weighted by Gasteiger charge is 2.09. The van der Waals surface area contributed by atoms with E-state index in [-0.39, 0.29) is 6.04 Å². The number of nitriles is 1. The van der Waals surface area contributed by atoms with E-state index >= 15 is 0 Å². The number of thiophene rings is 1. The lowest BCUT2D eigenvalue weighted by atomic mass is 10.2. The Morgan fingerprint density at radius 1 is 1.33 bits per heavy atom. The molecule has 0 saturated heterocycles. The van der Waals surface area contributed by atoms with Gasteiger partial charge < -0.3 is 5.32 Å². The third kappa shape index (κ3) is 2.92. The maximum absolute atomic E-state index is 8.83. The molecule has 1 unspecified atom stereocenters. The predicted molar refractivity (Wildman–Crippen MR) is 80.0 cm³/mol. The predicted octanol–water partition coefficient (Wildman–Crippen LogP) is 4.86. The van der Waals surface area contributed by atoms with E-state index in [4.69, 9.17) is 5.26 Å². The number of hydrogen-bond acceptors (Lipinski definition) is 3. The summed E-state index contributed by atoms with van der Waals surface area (Å²) in [6.07, 6.45) is 0. The third-order valence-electron chi connectivity index (χ3n) is 2.66. The zero-order valence-electron chi connectivity index (χ0n) is 10.2. The molecule has 0 aliphatic rings. The van der Waals surface area contributed by atoms with Crippen LogP contribution in [0.5, 0.6) is 0 Å². The molecule has 4 heteroatoms. The van der Waals surface area contributed by atoms with Gasteiger partial charge in [-0.1, -0.05) is 0 Å². The van der Waals surface area contributed by atoms with Crippen molar-refractivity contribution < 1.29 is 0 Å². The summed E-state index contributed by atoms with van der Waals surface area (Å²) >= 11 is 5.28. The molecule has 18 heavy (non-hydrogen) atoms. The van der Waals surface area contributed by atoms with Gasteiger partial charge >= 0.3 is 0 Å². The van der Waals surface area contributed by atoms with Crippen LogP contribution in [-0.4, -0.2) is 0 Å². The summed E-state index contributed by atoms with van der Waals surface area (Å²) in [6.45, 7) is 4.24. The van der Waals surface area contributed by atoms with Gasteiger partial charge in [0.1, 0.15) is 0 Å². The lowest BCUT2D eigenvalue weighted by molar-refractivity contribution is 0.907. The minimum absolute atomic E-state index is 0.257. The molecule has 0 radical (unpaired) electrons. The maximum Gasteiger partial charge on any atom is 0.0992 e. The Morgan fingerprint density at radius 3 is 2.67 bits per heavy atom. The van der Waals surface area contributed by atoms with Crippen LogP contribution >= 0.6 is 27.3 Å². The summed E-state index contributed by atoms with van der Waals surface area (Å²) in [4.78, 5) is 2.63. The second-order valence-electron chi connectivity index (χ2n) is 4.12. The van der Waals surface area contributed by atoms with Crippen LogP contribution in [0.1, 0.15) is 28.3 Å². The van der Waals surface area contributed by atoms with Crippen LogP contribution in [0.15, 0.2) is 34.8 Å². The molecule has 2 nitrogen and oxygen atoms in total. The van der Waals surface area contributed by atoms with E-state index in [1.807, 2.05) is 18.2 Å². The molecule has 0 fully saturated rings. The van der Waals surface area contributed by atoms with E-state index in [2.05, 4.69) is 53.3 Å². The van der Waals surface area contributed by atoms with Crippen molar-refractivity contribution in [3.63, 3.8) is 0 Å². The number of rotatable bonds is 3. The Hall–Kier alpha value is -1.31. The fourth-order valence-corrected chi connectivity index (χ4v) is 3.07. The molecule has 1 heterocycles. The number of aryl methyl sites for hydroxylation is 1. The number of nitrogens with one attached hydrogen (secondary N) is 1. The summed E-state index contributed by atoms with van der Waals surface area (Å²) in [5, 5.41) is 12.3. The van der Waals surface area contributed by atoms with Gasteiger partial charge in [0.25, 0.3) is 0 Å². The fourth-order valence-electron chi connectivity index (χ4n) is 1.69. The molecule has 0 bridgehead atoms. The highest BCUT2D eigenvalue weighted by molar-refractivity contribution is 9.10. The molecular formula is C14H13BrN2S. The van der Waals surface area contributed by atoms with Gasteiger partial charge in [-0.15, -0.1) is 11.3 Å². The second kappa shape index (κ2) is 5.55. The van der Waals surface area contributed by atoms with E-state index in [1.165, 1.54) is 9.75 Å². The van der Waals surface area contributed by atoms with Crippen molar-refractivity contribution in [2.75, 3.05) is 5.32 Å². The molecule has 0 saturated carbocycles. The number of anilines is 1. The van der Waals surface area contributed by atoms with Gasteiger partial charge in [0.15, 0.2) is 0 Å². The molecule has 0 amide bonds. The lowest BCUT2D eigenvalue weighted by Gasteiger charge is -2.15. The Balaban J connectivity index is 2.17. The van der Waals surface area contributed by atoms with Crippen LogP contribution < -0.4 is 5.32 Å². The van der Waals surface area contributed by atoms with Crippen LogP contribution in [0.3, 0.4) is 0 Å². The average molecular weight is 321 g/mol. The summed E-state index contributed by atoms with van der Waals surface area (Å²) in [6, 6.07) is 12.2. The van der Waals surface area contributed by atoms with Crippen molar-refractivity contribution >= 4 is 33.0 Å². The highest BCUT2D eigenvalue weighted by Crippen LogP contribution is 2.30. The van der Waals surface area contributed by atoms with Crippen molar-refractivity contribution in [2.45, 2.75) is 19.9 Å². The van der Waals surface area contributed by atoms with Crippen molar-refractivity contribution in [2.24, 2.45) is 0 Å². The van der Waals surface area contributed by atoms with E-state index < -0.39 is 0 Å². The van der Waals surface area contributed by atoms with E-state index in [0.29, 0.717) is 5.56 Å². The van der Waals surface area contributed by atoms with Gasteiger partial charge in [0, 0.05) is 19.9 Å². The summed E-state index contributed by atoms with van der Waals surface area (Å²) in [7, 11) is 0. The quantitative estimate of drug-likeness (QED) is 0.876. The van der Waals surface area contributed by atoms with Gasteiger partial charge in [0.05, 0.1) is 17.7 Å². The molecule has 2 rings (SSSR count). The van der Waals surface area contributed by atoms with Crippen LogP contribution in [-0.2, 0) is 0 Å². The highest BCUT2D eigenvalue weighted by atomic mass is 79.9. The van der Waals surface area contributed by atoms with Gasteiger partial charge in [-0.25, -0.2) is 0 Å². The Bertz CT molecular complexity index is 598. The van der Waals surface area contributed by atoms with E-state index in [0.717, 1.165) is 10.2 Å². The topological polar surface area (TPSA) is 35.8 Å². The van der Waals surface area contributed by atoms with Gasteiger partial charge in [0.2, 0.25) is 0 Å². The van der Waals surface area contributed by atoms with Gasteiger partial charge in [-0.3, -0.25) is 0 Å². The standard InChI is InChI=1S/C14H13BrN2S/c1-9-3-6-14(18-9)10(2)17-13-5-4-11(8-16)7-12(13)15/h3-7,10,17H,1-2H3. The SMILES string of the molecule is Cc1ccc(C(C)Nc2ccc(C#N)cc2Br)s1. The van der Waals surface area contributed by atoms with Gasteiger partial charge in [-0.05, 0) is 60.1 Å².